The highest BCUT2D eigenvalue weighted by molar-refractivity contribution is 7.90. The van der Waals surface area contributed by atoms with E-state index in [9.17, 15) is 17.2 Å². The SMILES string of the molecule is CC(C)(CC1CC(F)(F)CC1N)S(N)(=O)=O. The minimum atomic E-state index is -3.75. The first-order valence-corrected chi connectivity index (χ1v) is 6.65. The van der Waals surface area contributed by atoms with Crippen molar-refractivity contribution in [3.63, 3.8) is 0 Å². The van der Waals surface area contributed by atoms with Crippen LogP contribution in [0.1, 0.15) is 33.1 Å². The van der Waals surface area contributed by atoms with Crippen LogP contribution in [0.3, 0.4) is 0 Å². The monoisotopic (exact) mass is 256 g/mol. The molecule has 0 radical (unpaired) electrons. The third-order valence-electron chi connectivity index (χ3n) is 3.22. The quantitative estimate of drug-likeness (QED) is 0.783. The fraction of sp³-hybridized carbons (Fsp3) is 1.00. The second-order valence-electron chi connectivity index (χ2n) is 5.20. The zero-order chi connectivity index (χ0) is 12.8. The first kappa shape index (κ1) is 13.8. The second kappa shape index (κ2) is 3.89. The zero-order valence-electron chi connectivity index (χ0n) is 9.41. The molecule has 2 atom stereocenters. The number of alkyl halides is 2. The van der Waals surface area contributed by atoms with Crippen molar-refractivity contribution in [2.75, 3.05) is 0 Å². The largest absolute Gasteiger partial charge is 0.327 e. The predicted octanol–water partition coefficient (Wildman–Crippen LogP) is 0.816. The van der Waals surface area contributed by atoms with Crippen molar-refractivity contribution in [2.24, 2.45) is 16.8 Å². The molecule has 0 aromatic heterocycles. The summed E-state index contributed by atoms with van der Waals surface area (Å²) in [5.41, 5.74) is 5.59. The summed E-state index contributed by atoms with van der Waals surface area (Å²) in [5.74, 6) is -3.28. The number of rotatable bonds is 3. The molecular weight excluding hydrogens is 238 g/mol. The Morgan fingerprint density at radius 3 is 2.19 bits per heavy atom. The van der Waals surface area contributed by atoms with Gasteiger partial charge < -0.3 is 5.73 Å². The average molecular weight is 256 g/mol. The van der Waals surface area contributed by atoms with Crippen LogP contribution in [-0.2, 0) is 10.0 Å². The normalized spacial score (nSPS) is 30.6. The molecule has 0 bridgehead atoms. The predicted molar refractivity (Wildman–Crippen MR) is 57.4 cm³/mol. The number of nitrogens with two attached hydrogens (primary N) is 2. The van der Waals surface area contributed by atoms with Crippen LogP contribution in [-0.4, -0.2) is 25.1 Å². The van der Waals surface area contributed by atoms with Gasteiger partial charge >= 0.3 is 0 Å². The van der Waals surface area contributed by atoms with E-state index >= 15 is 0 Å². The molecule has 0 heterocycles. The van der Waals surface area contributed by atoms with Crippen molar-refractivity contribution in [3.8, 4) is 0 Å². The molecule has 0 aliphatic heterocycles. The fourth-order valence-electron chi connectivity index (χ4n) is 2.10. The highest BCUT2D eigenvalue weighted by Gasteiger charge is 2.47. The molecule has 7 heteroatoms. The van der Waals surface area contributed by atoms with Gasteiger partial charge in [-0.2, -0.15) is 0 Å². The van der Waals surface area contributed by atoms with Gasteiger partial charge in [0.25, 0.3) is 0 Å². The average Bonchev–Trinajstić information content (AvgIpc) is 2.20. The molecule has 4 nitrogen and oxygen atoms in total. The van der Waals surface area contributed by atoms with Gasteiger partial charge in [0.1, 0.15) is 0 Å². The molecule has 0 saturated heterocycles. The third-order valence-corrected chi connectivity index (χ3v) is 4.93. The molecule has 0 spiro atoms. The van der Waals surface area contributed by atoms with Crippen LogP contribution < -0.4 is 10.9 Å². The Labute approximate surface area is 94.4 Å². The van der Waals surface area contributed by atoms with E-state index in [1.165, 1.54) is 13.8 Å². The molecule has 0 aromatic rings. The maximum atomic E-state index is 13.1. The van der Waals surface area contributed by atoms with Gasteiger partial charge in [-0.15, -0.1) is 0 Å². The lowest BCUT2D eigenvalue weighted by atomic mass is 9.92. The standard InChI is InChI=1S/C9H18F2N2O2S/c1-8(2,16(13,14)15)3-6-4-9(10,11)5-7(6)12/h6-7H,3-5,12H2,1-2H3,(H2,13,14,15). The third kappa shape index (κ3) is 2.89. The number of hydrogen-bond donors (Lipinski definition) is 2. The maximum Gasteiger partial charge on any atom is 0.250 e. The summed E-state index contributed by atoms with van der Waals surface area (Å²) in [6, 6.07) is -0.656. The first-order chi connectivity index (χ1) is 6.95. The Hall–Kier alpha value is -0.270. The van der Waals surface area contributed by atoms with Crippen LogP contribution in [0.5, 0.6) is 0 Å². The van der Waals surface area contributed by atoms with Crippen molar-refractivity contribution >= 4 is 10.0 Å². The first-order valence-electron chi connectivity index (χ1n) is 5.10. The van der Waals surface area contributed by atoms with Gasteiger partial charge in [-0.25, -0.2) is 22.3 Å². The highest BCUT2D eigenvalue weighted by atomic mass is 32.2. The van der Waals surface area contributed by atoms with Crippen molar-refractivity contribution in [1.82, 2.24) is 0 Å². The summed E-state index contributed by atoms with van der Waals surface area (Å²) < 4.78 is 47.4. The molecule has 1 rings (SSSR count). The van der Waals surface area contributed by atoms with E-state index in [0.717, 1.165) is 0 Å². The Bertz CT molecular complexity index is 368. The number of sulfonamides is 1. The molecule has 0 amide bonds. The van der Waals surface area contributed by atoms with Gasteiger partial charge in [0.05, 0.1) is 4.75 Å². The van der Waals surface area contributed by atoms with Crippen LogP contribution >= 0.6 is 0 Å². The summed E-state index contributed by atoms with van der Waals surface area (Å²) in [6.45, 7) is 2.87. The van der Waals surface area contributed by atoms with Crippen molar-refractivity contribution in [1.29, 1.82) is 0 Å². The van der Waals surface area contributed by atoms with E-state index in [-0.39, 0.29) is 19.3 Å². The van der Waals surface area contributed by atoms with E-state index in [4.69, 9.17) is 10.9 Å². The van der Waals surface area contributed by atoms with Crippen LogP contribution in [0.15, 0.2) is 0 Å². The number of hydrogen-bond acceptors (Lipinski definition) is 3. The van der Waals surface area contributed by atoms with Gasteiger partial charge in [-0.05, 0) is 26.2 Å². The summed E-state index contributed by atoms with van der Waals surface area (Å²) in [5, 5.41) is 5.05. The topological polar surface area (TPSA) is 86.2 Å². The number of primary sulfonamides is 1. The van der Waals surface area contributed by atoms with Crippen LogP contribution in [0.2, 0.25) is 0 Å². The van der Waals surface area contributed by atoms with Crippen molar-refractivity contribution in [3.05, 3.63) is 0 Å². The van der Waals surface area contributed by atoms with Crippen LogP contribution in [0.25, 0.3) is 0 Å². The molecule has 1 saturated carbocycles. The molecule has 2 unspecified atom stereocenters. The minimum Gasteiger partial charge on any atom is -0.327 e. The van der Waals surface area contributed by atoms with Gasteiger partial charge in [-0.1, -0.05) is 0 Å². The minimum absolute atomic E-state index is 0.0720. The summed E-state index contributed by atoms with van der Waals surface area (Å²) in [4.78, 5) is 0. The Balaban J connectivity index is 2.77. The van der Waals surface area contributed by atoms with E-state index in [1.807, 2.05) is 0 Å². The van der Waals surface area contributed by atoms with Gasteiger partial charge in [0.15, 0.2) is 0 Å². The van der Waals surface area contributed by atoms with Crippen molar-refractivity contribution < 1.29 is 17.2 Å². The fourth-order valence-corrected chi connectivity index (χ4v) is 2.55. The van der Waals surface area contributed by atoms with Gasteiger partial charge in [0.2, 0.25) is 15.9 Å². The summed E-state index contributed by atoms with van der Waals surface area (Å²) in [6.07, 6.45) is -0.659. The molecule has 4 N–H and O–H groups in total. The smallest absolute Gasteiger partial charge is 0.250 e. The maximum absolute atomic E-state index is 13.1. The second-order valence-corrected chi connectivity index (χ2v) is 7.39. The molecule has 1 aliphatic rings. The molecule has 1 aliphatic carbocycles. The van der Waals surface area contributed by atoms with E-state index < -0.39 is 32.7 Å². The lowest BCUT2D eigenvalue weighted by molar-refractivity contribution is 0.00372. The Kier molecular flexibility index (Phi) is 3.35. The number of halogens is 2. The van der Waals surface area contributed by atoms with Crippen molar-refractivity contribution in [2.45, 2.75) is 49.8 Å². The molecular formula is C9H18F2N2O2S. The van der Waals surface area contributed by atoms with Crippen LogP contribution in [0.4, 0.5) is 8.78 Å². The Morgan fingerprint density at radius 1 is 1.38 bits per heavy atom. The zero-order valence-corrected chi connectivity index (χ0v) is 10.2. The van der Waals surface area contributed by atoms with Gasteiger partial charge in [-0.3, -0.25) is 0 Å². The summed E-state index contributed by atoms with van der Waals surface area (Å²) in [7, 11) is -3.75. The highest BCUT2D eigenvalue weighted by Crippen LogP contribution is 2.42. The Morgan fingerprint density at radius 2 is 1.88 bits per heavy atom. The molecule has 96 valence electrons. The molecule has 16 heavy (non-hydrogen) atoms. The molecule has 0 aromatic carbocycles. The lowest BCUT2D eigenvalue weighted by Crippen LogP contribution is -2.41. The lowest BCUT2D eigenvalue weighted by Gasteiger charge is -2.27. The molecule has 1 fully saturated rings. The van der Waals surface area contributed by atoms with Crippen LogP contribution in [0, 0.1) is 5.92 Å². The summed E-state index contributed by atoms with van der Waals surface area (Å²) >= 11 is 0. The van der Waals surface area contributed by atoms with E-state index in [0.29, 0.717) is 0 Å². The van der Waals surface area contributed by atoms with E-state index in [2.05, 4.69) is 0 Å². The van der Waals surface area contributed by atoms with E-state index in [1.54, 1.807) is 0 Å². The van der Waals surface area contributed by atoms with Gasteiger partial charge in [0, 0.05) is 18.9 Å².